The van der Waals surface area contributed by atoms with Crippen LogP contribution in [-0.2, 0) is 16.1 Å². The van der Waals surface area contributed by atoms with Crippen molar-refractivity contribution in [1.82, 2.24) is 20.3 Å². The number of aromatic nitrogens is 3. The molecule has 2 N–H and O–H groups in total. The summed E-state index contributed by atoms with van der Waals surface area (Å²) in [5, 5.41) is 19.2. The maximum absolute atomic E-state index is 12.1. The molecule has 1 aromatic heterocycles. The molecule has 0 radical (unpaired) electrons. The molecule has 1 rings (SSSR count). The Morgan fingerprint density at radius 1 is 1.45 bits per heavy atom. The SMILES string of the molecule is CCC(C)NC(=O)C(C)n1nnc(C(=O)O)c1COC. The number of rotatable bonds is 7. The first-order valence-corrected chi connectivity index (χ1v) is 6.39. The number of nitrogens with zero attached hydrogens (tertiary/aromatic N) is 3. The van der Waals surface area contributed by atoms with E-state index in [1.54, 1.807) is 6.92 Å². The minimum absolute atomic E-state index is 0.0234. The van der Waals surface area contributed by atoms with Crippen molar-refractivity contribution in [3.05, 3.63) is 11.4 Å². The fourth-order valence-corrected chi connectivity index (χ4v) is 1.64. The molecule has 0 saturated carbocycles. The highest BCUT2D eigenvalue weighted by Crippen LogP contribution is 2.14. The normalized spacial score (nSPS) is 13.8. The molecular formula is C12H20N4O4. The van der Waals surface area contributed by atoms with E-state index < -0.39 is 12.0 Å². The van der Waals surface area contributed by atoms with Gasteiger partial charge in [0, 0.05) is 13.2 Å². The van der Waals surface area contributed by atoms with Crippen molar-refractivity contribution in [2.75, 3.05) is 7.11 Å². The molecule has 2 atom stereocenters. The van der Waals surface area contributed by atoms with E-state index >= 15 is 0 Å². The van der Waals surface area contributed by atoms with E-state index in [4.69, 9.17) is 9.84 Å². The third kappa shape index (κ3) is 3.53. The summed E-state index contributed by atoms with van der Waals surface area (Å²) in [4.78, 5) is 23.1. The average Bonchev–Trinajstić information content (AvgIpc) is 2.81. The van der Waals surface area contributed by atoms with Gasteiger partial charge < -0.3 is 15.2 Å². The molecular weight excluding hydrogens is 264 g/mol. The van der Waals surface area contributed by atoms with Crippen LogP contribution >= 0.6 is 0 Å². The van der Waals surface area contributed by atoms with Crippen LogP contribution in [0.5, 0.6) is 0 Å². The Balaban J connectivity index is 3.00. The van der Waals surface area contributed by atoms with E-state index in [-0.39, 0.29) is 29.9 Å². The van der Waals surface area contributed by atoms with E-state index in [1.165, 1.54) is 11.8 Å². The molecule has 0 saturated heterocycles. The molecule has 0 bridgehead atoms. The van der Waals surface area contributed by atoms with Gasteiger partial charge in [0.2, 0.25) is 5.91 Å². The molecule has 0 fully saturated rings. The number of amides is 1. The summed E-state index contributed by atoms with van der Waals surface area (Å²) < 4.78 is 6.24. The number of carboxylic acids is 1. The minimum Gasteiger partial charge on any atom is -0.476 e. The fraction of sp³-hybridized carbons (Fsp3) is 0.667. The van der Waals surface area contributed by atoms with Crippen molar-refractivity contribution in [1.29, 1.82) is 0 Å². The Morgan fingerprint density at radius 2 is 2.10 bits per heavy atom. The molecule has 1 aromatic rings. The second-order valence-electron chi connectivity index (χ2n) is 4.56. The molecule has 0 aliphatic rings. The lowest BCUT2D eigenvalue weighted by Crippen LogP contribution is -2.37. The maximum Gasteiger partial charge on any atom is 0.358 e. The van der Waals surface area contributed by atoms with Gasteiger partial charge in [-0.3, -0.25) is 4.79 Å². The van der Waals surface area contributed by atoms with E-state index in [0.717, 1.165) is 6.42 Å². The van der Waals surface area contributed by atoms with Gasteiger partial charge in [-0.25, -0.2) is 9.48 Å². The van der Waals surface area contributed by atoms with Gasteiger partial charge in [-0.05, 0) is 20.3 Å². The Hall–Kier alpha value is -1.96. The summed E-state index contributed by atoms with van der Waals surface area (Å²) in [6, 6.07) is -0.618. The number of ether oxygens (including phenoxy) is 1. The van der Waals surface area contributed by atoms with E-state index in [0.29, 0.717) is 0 Å². The molecule has 1 heterocycles. The van der Waals surface area contributed by atoms with Gasteiger partial charge in [0.05, 0.1) is 6.61 Å². The molecule has 0 spiro atoms. The van der Waals surface area contributed by atoms with Crippen molar-refractivity contribution >= 4 is 11.9 Å². The van der Waals surface area contributed by atoms with Gasteiger partial charge in [-0.2, -0.15) is 0 Å². The number of hydrogen-bond donors (Lipinski definition) is 2. The van der Waals surface area contributed by atoms with Crippen LogP contribution < -0.4 is 5.32 Å². The predicted octanol–water partition coefficient (Wildman–Crippen LogP) is 0.598. The van der Waals surface area contributed by atoms with Crippen LogP contribution in [0.3, 0.4) is 0 Å². The van der Waals surface area contributed by atoms with Crippen LogP contribution in [0.2, 0.25) is 0 Å². The first-order chi connectivity index (χ1) is 9.42. The van der Waals surface area contributed by atoms with Gasteiger partial charge >= 0.3 is 5.97 Å². The molecule has 8 heteroatoms. The highest BCUT2D eigenvalue weighted by Gasteiger charge is 2.25. The van der Waals surface area contributed by atoms with E-state index in [2.05, 4.69) is 15.6 Å². The standard InChI is InChI=1S/C12H20N4O4/c1-5-7(2)13-11(17)8(3)16-9(6-20-4)10(12(18)19)14-15-16/h7-8H,5-6H2,1-4H3,(H,13,17)(H,18,19). The predicted molar refractivity (Wildman–Crippen MR) is 70.3 cm³/mol. The van der Waals surface area contributed by atoms with Crippen molar-refractivity contribution in [3.8, 4) is 0 Å². The molecule has 20 heavy (non-hydrogen) atoms. The quantitative estimate of drug-likeness (QED) is 0.759. The van der Waals surface area contributed by atoms with Crippen molar-refractivity contribution in [2.24, 2.45) is 0 Å². The van der Waals surface area contributed by atoms with Crippen LogP contribution in [-0.4, -0.2) is 45.1 Å². The number of aromatic carboxylic acids is 1. The molecule has 1 amide bonds. The van der Waals surface area contributed by atoms with Crippen molar-refractivity contribution in [3.63, 3.8) is 0 Å². The van der Waals surface area contributed by atoms with Crippen LogP contribution in [0.15, 0.2) is 0 Å². The molecule has 112 valence electrons. The number of hydrogen-bond acceptors (Lipinski definition) is 5. The lowest BCUT2D eigenvalue weighted by atomic mass is 10.2. The van der Waals surface area contributed by atoms with Gasteiger partial charge in [0.15, 0.2) is 5.69 Å². The topological polar surface area (TPSA) is 106 Å². The first-order valence-electron chi connectivity index (χ1n) is 6.39. The monoisotopic (exact) mass is 284 g/mol. The lowest BCUT2D eigenvalue weighted by Gasteiger charge is -2.17. The summed E-state index contributed by atoms with van der Waals surface area (Å²) >= 11 is 0. The number of carbonyl (C=O) groups is 2. The van der Waals surface area contributed by atoms with Gasteiger partial charge in [-0.1, -0.05) is 12.1 Å². The van der Waals surface area contributed by atoms with Crippen LogP contribution in [0.25, 0.3) is 0 Å². The number of methoxy groups -OCH3 is 1. The van der Waals surface area contributed by atoms with Crippen LogP contribution in [0, 0.1) is 0 Å². The smallest absolute Gasteiger partial charge is 0.358 e. The average molecular weight is 284 g/mol. The summed E-state index contributed by atoms with van der Waals surface area (Å²) in [5.41, 5.74) is 0.0711. The fourth-order valence-electron chi connectivity index (χ4n) is 1.64. The zero-order valence-corrected chi connectivity index (χ0v) is 12.1. The number of nitrogens with one attached hydrogen (secondary N) is 1. The van der Waals surface area contributed by atoms with Crippen molar-refractivity contribution in [2.45, 2.75) is 45.9 Å². The highest BCUT2D eigenvalue weighted by atomic mass is 16.5. The van der Waals surface area contributed by atoms with Gasteiger partial charge in [0.1, 0.15) is 11.7 Å². The maximum atomic E-state index is 12.1. The summed E-state index contributed by atoms with van der Waals surface area (Å²) in [7, 11) is 1.44. The summed E-state index contributed by atoms with van der Waals surface area (Å²) in [6.07, 6.45) is 0.807. The number of carbonyl (C=O) groups excluding carboxylic acids is 1. The molecule has 0 aliphatic heterocycles. The zero-order valence-electron chi connectivity index (χ0n) is 12.1. The lowest BCUT2D eigenvalue weighted by molar-refractivity contribution is -0.124. The second-order valence-corrected chi connectivity index (χ2v) is 4.56. The summed E-state index contributed by atoms with van der Waals surface area (Å²) in [5.74, 6) is -1.43. The van der Waals surface area contributed by atoms with Gasteiger partial charge in [-0.15, -0.1) is 5.10 Å². The zero-order chi connectivity index (χ0) is 15.3. The second kappa shape index (κ2) is 6.99. The van der Waals surface area contributed by atoms with Crippen LogP contribution in [0.1, 0.15) is 49.4 Å². The van der Waals surface area contributed by atoms with E-state index in [9.17, 15) is 9.59 Å². The Morgan fingerprint density at radius 3 is 2.60 bits per heavy atom. The van der Waals surface area contributed by atoms with Crippen molar-refractivity contribution < 1.29 is 19.4 Å². The summed E-state index contributed by atoms with van der Waals surface area (Å²) in [6.45, 7) is 5.52. The first kappa shape index (κ1) is 16.1. The largest absolute Gasteiger partial charge is 0.476 e. The molecule has 0 aromatic carbocycles. The van der Waals surface area contributed by atoms with Crippen LogP contribution in [0.4, 0.5) is 0 Å². The molecule has 8 nitrogen and oxygen atoms in total. The molecule has 2 unspecified atom stereocenters. The number of carboxylic acid groups (broad SMARTS) is 1. The van der Waals surface area contributed by atoms with E-state index in [1.807, 2.05) is 13.8 Å². The van der Waals surface area contributed by atoms with Gasteiger partial charge in [0.25, 0.3) is 0 Å². The minimum atomic E-state index is -1.20. The third-order valence-corrected chi connectivity index (χ3v) is 3.02. The Kier molecular flexibility index (Phi) is 5.63. The Labute approximate surface area is 117 Å². The highest BCUT2D eigenvalue weighted by molar-refractivity contribution is 5.87. The molecule has 0 aliphatic carbocycles. The third-order valence-electron chi connectivity index (χ3n) is 3.02. The Bertz CT molecular complexity index is 486.